The predicted molar refractivity (Wildman–Crippen MR) is 89.4 cm³/mol. The van der Waals surface area contributed by atoms with E-state index in [-0.39, 0.29) is 18.9 Å². The first-order valence-corrected chi connectivity index (χ1v) is 8.28. The van der Waals surface area contributed by atoms with Gasteiger partial charge in [-0.1, -0.05) is 13.0 Å². The van der Waals surface area contributed by atoms with Crippen LogP contribution in [0.2, 0.25) is 0 Å². The van der Waals surface area contributed by atoms with Gasteiger partial charge in [0.2, 0.25) is 0 Å². The Balaban J connectivity index is 1.82. The number of hydrogen-bond acceptors (Lipinski definition) is 3. The monoisotopic (exact) mass is 359 g/mol. The minimum atomic E-state index is -4.43. The molecule has 0 spiro atoms. The van der Waals surface area contributed by atoms with Crippen LogP contribution < -0.4 is 10.5 Å². The van der Waals surface area contributed by atoms with Crippen LogP contribution in [-0.4, -0.2) is 48.3 Å². The summed E-state index contributed by atoms with van der Waals surface area (Å²) in [5.74, 6) is 0.983. The van der Waals surface area contributed by atoms with Gasteiger partial charge in [-0.05, 0) is 37.0 Å². The Hall–Kier alpha value is -1.96. The third-order valence-corrected chi connectivity index (χ3v) is 4.05. The molecular formula is C17H24F3N3O2. The molecule has 3 N–H and O–H groups in total. The molecule has 1 fully saturated rings. The number of aliphatic hydroxyl groups excluding tert-OH is 1. The average molecular weight is 359 g/mol. The lowest BCUT2D eigenvalue weighted by atomic mass is 10.0. The van der Waals surface area contributed by atoms with Gasteiger partial charge in [0.15, 0.2) is 5.96 Å². The van der Waals surface area contributed by atoms with Gasteiger partial charge in [0, 0.05) is 13.1 Å². The summed E-state index contributed by atoms with van der Waals surface area (Å²) in [6.45, 7) is 3.71. The zero-order valence-electron chi connectivity index (χ0n) is 14.2. The van der Waals surface area contributed by atoms with Crippen LogP contribution in [0.4, 0.5) is 13.2 Å². The molecule has 0 radical (unpaired) electrons. The number of halogens is 3. The van der Waals surface area contributed by atoms with Crippen LogP contribution in [0.3, 0.4) is 0 Å². The molecule has 2 atom stereocenters. The van der Waals surface area contributed by atoms with Crippen molar-refractivity contribution in [3.8, 4) is 5.75 Å². The summed E-state index contributed by atoms with van der Waals surface area (Å²) >= 11 is 0. The van der Waals surface area contributed by atoms with Crippen molar-refractivity contribution in [1.29, 1.82) is 0 Å². The molecule has 1 aromatic rings. The standard InChI is InChI=1S/C17H24F3N3O2/c1-12-4-3-7-23(10-12)16(21)22-9-14(24)11-25-15-6-2-5-13(8-15)17(18,19)20/h2,5-6,8,12,14,24H,3-4,7,9-11H2,1H3,(H2,21,22). The Morgan fingerprint density at radius 2 is 2.24 bits per heavy atom. The Labute approximate surface area is 145 Å². The molecule has 140 valence electrons. The topological polar surface area (TPSA) is 71.1 Å². The van der Waals surface area contributed by atoms with Gasteiger partial charge < -0.3 is 20.5 Å². The third kappa shape index (κ3) is 6.12. The molecule has 1 aliphatic heterocycles. The van der Waals surface area contributed by atoms with Crippen LogP contribution in [0.25, 0.3) is 0 Å². The number of alkyl halides is 3. The molecule has 25 heavy (non-hydrogen) atoms. The molecule has 0 aliphatic carbocycles. The number of piperidine rings is 1. The summed E-state index contributed by atoms with van der Waals surface area (Å²) < 4.78 is 43.1. The molecule has 0 amide bonds. The molecule has 0 bridgehead atoms. The van der Waals surface area contributed by atoms with Crippen molar-refractivity contribution in [2.24, 2.45) is 16.6 Å². The number of guanidine groups is 1. The molecule has 2 rings (SSSR count). The van der Waals surface area contributed by atoms with Crippen molar-refractivity contribution < 1.29 is 23.0 Å². The Morgan fingerprint density at radius 1 is 1.48 bits per heavy atom. The van der Waals surface area contributed by atoms with Crippen molar-refractivity contribution in [3.63, 3.8) is 0 Å². The van der Waals surface area contributed by atoms with Crippen LogP contribution in [0.15, 0.2) is 29.3 Å². The summed E-state index contributed by atoms with van der Waals surface area (Å²) in [7, 11) is 0. The minimum Gasteiger partial charge on any atom is -0.491 e. The fourth-order valence-electron chi connectivity index (χ4n) is 2.70. The van der Waals surface area contributed by atoms with Crippen molar-refractivity contribution in [2.45, 2.75) is 32.0 Å². The second-order valence-corrected chi connectivity index (χ2v) is 6.38. The van der Waals surface area contributed by atoms with E-state index in [0.29, 0.717) is 11.9 Å². The molecule has 1 aromatic carbocycles. The fraction of sp³-hybridized carbons (Fsp3) is 0.588. The second kappa shape index (κ2) is 8.42. The molecular weight excluding hydrogens is 335 g/mol. The summed E-state index contributed by atoms with van der Waals surface area (Å²) in [5.41, 5.74) is 5.14. The van der Waals surface area contributed by atoms with Gasteiger partial charge in [0.25, 0.3) is 0 Å². The van der Waals surface area contributed by atoms with Gasteiger partial charge in [-0.25, -0.2) is 0 Å². The molecule has 1 saturated heterocycles. The van der Waals surface area contributed by atoms with E-state index < -0.39 is 17.8 Å². The molecule has 1 heterocycles. The van der Waals surface area contributed by atoms with Crippen LogP contribution in [0.5, 0.6) is 5.75 Å². The van der Waals surface area contributed by atoms with Crippen molar-refractivity contribution in [1.82, 2.24) is 4.90 Å². The zero-order valence-corrected chi connectivity index (χ0v) is 14.2. The quantitative estimate of drug-likeness (QED) is 0.626. The Kier molecular flexibility index (Phi) is 6.52. The number of aliphatic hydroxyl groups is 1. The molecule has 8 heteroatoms. The summed E-state index contributed by atoms with van der Waals surface area (Å²) in [5, 5.41) is 9.91. The van der Waals surface area contributed by atoms with Gasteiger partial charge in [-0.15, -0.1) is 0 Å². The first-order chi connectivity index (χ1) is 11.8. The molecule has 0 saturated carbocycles. The highest BCUT2D eigenvalue weighted by atomic mass is 19.4. The van der Waals surface area contributed by atoms with Gasteiger partial charge in [-0.3, -0.25) is 4.99 Å². The van der Waals surface area contributed by atoms with Crippen molar-refractivity contribution >= 4 is 5.96 Å². The zero-order chi connectivity index (χ0) is 18.4. The van der Waals surface area contributed by atoms with E-state index in [1.807, 2.05) is 4.90 Å². The van der Waals surface area contributed by atoms with E-state index in [1.165, 1.54) is 12.1 Å². The highest BCUT2D eigenvalue weighted by Gasteiger charge is 2.30. The number of likely N-dealkylation sites (tertiary alicyclic amines) is 1. The lowest BCUT2D eigenvalue weighted by molar-refractivity contribution is -0.137. The maximum Gasteiger partial charge on any atom is 0.416 e. The fourth-order valence-corrected chi connectivity index (χ4v) is 2.70. The van der Waals surface area contributed by atoms with Crippen molar-refractivity contribution in [3.05, 3.63) is 29.8 Å². The summed E-state index contributed by atoms with van der Waals surface area (Å²) in [4.78, 5) is 6.14. The van der Waals surface area contributed by atoms with Crippen LogP contribution in [-0.2, 0) is 6.18 Å². The molecule has 1 aliphatic rings. The average Bonchev–Trinajstić information content (AvgIpc) is 2.57. The number of nitrogens with zero attached hydrogens (tertiary/aromatic N) is 2. The van der Waals surface area contributed by atoms with Gasteiger partial charge >= 0.3 is 6.18 Å². The maximum absolute atomic E-state index is 12.6. The largest absolute Gasteiger partial charge is 0.491 e. The SMILES string of the molecule is CC1CCCN(C(N)=NCC(O)COc2cccc(C(F)(F)F)c2)C1. The van der Waals surface area contributed by atoms with E-state index in [4.69, 9.17) is 10.5 Å². The Morgan fingerprint density at radius 3 is 2.92 bits per heavy atom. The second-order valence-electron chi connectivity index (χ2n) is 6.38. The number of nitrogens with two attached hydrogens (primary N) is 1. The number of hydrogen-bond donors (Lipinski definition) is 2. The number of benzene rings is 1. The van der Waals surface area contributed by atoms with Crippen LogP contribution >= 0.6 is 0 Å². The minimum absolute atomic E-state index is 0.0374. The lowest BCUT2D eigenvalue weighted by Gasteiger charge is -2.31. The summed E-state index contributed by atoms with van der Waals surface area (Å²) in [6.07, 6.45) is -3.16. The molecule has 5 nitrogen and oxygen atoms in total. The highest BCUT2D eigenvalue weighted by Crippen LogP contribution is 2.31. The first-order valence-electron chi connectivity index (χ1n) is 8.28. The molecule has 2 unspecified atom stereocenters. The summed E-state index contributed by atoms with van der Waals surface area (Å²) in [6, 6.07) is 4.54. The van der Waals surface area contributed by atoms with Gasteiger partial charge in [0.05, 0.1) is 12.1 Å². The normalized spacial score (nSPS) is 20.4. The van der Waals surface area contributed by atoms with E-state index in [2.05, 4.69) is 11.9 Å². The predicted octanol–water partition coefficient (Wildman–Crippen LogP) is 2.49. The number of rotatable bonds is 5. The first kappa shape index (κ1) is 19.4. The number of ether oxygens (including phenoxy) is 1. The number of aliphatic imine (C=N–C) groups is 1. The lowest BCUT2D eigenvalue weighted by Crippen LogP contribution is -2.44. The van der Waals surface area contributed by atoms with E-state index in [0.717, 1.165) is 38.1 Å². The van der Waals surface area contributed by atoms with E-state index >= 15 is 0 Å². The van der Waals surface area contributed by atoms with Crippen LogP contribution in [0.1, 0.15) is 25.3 Å². The van der Waals surface area contributed by atoms with E-state index in [1.54, 1.807) is 0 Å². The molecule has 0 aromatic heterocycles. The van der Waals surface area contributed by atoms with E-state index in [9.17, 15) is 18.3 Å². The third-order valence-electron chi connectivity index (χ3n) is 4.05. The van der Waals surface area contributed by atoms with Gasteiger partial charge in [0.1, 0.15) is 18.5 Å². The van der Waals surface area contributed by atoms with Crippen LogP contribution in [0, 0.1) is 5.92 Å². The van der Waals surface area contributed by atoms with Crippen molar-refractivity contribution in [2.75, 3.05) is 26.2 Å². The highest BCUT2D eigenvalue weighted by molar-refractivity contribution is 5.78. The maximum atomic E-state index is 12.6. The Bertz CT molecular complexity index is 593. The smallest absolute Gasteiger partial charge is 0.416 e. The van der Waals surface area contributed by atoms with Gasteiger partial charge in [-0.2, -0.15) is 13.2 Å².